The van der Waals surface area contributed by atoms with Gasteiger partial charge in [-0.05, 0) is 18.2 Å². The molecule has 0 aliphatic carbocycles. The van der Waals surface area contributed by atoms with E-state index in [1.165, 1.54) is 12.1 Å². The van der Waals surface area contributed by atoms with Gasteiger partial charge in [-0.25, -0.2) is 9.69 Å². The average molecular weight is 470 g/mol. The molecule has 1 saturated heterocycles. The summed E-state index contributed by atoms with van der Waals surface area (Å²) in [7, 11) is -4.79. The molecule has 1 atom stereocenters. The fourth-order valence-electron chi connectivity index (χ4n) is 2.20. The van der Waals surface area contributed by atoms with Crippen molar-refractivity contribution in [2.24, 2.45) is 0 Å². The number of hydrogen-bond donors (Lipinski definition) is 3. The van der Waals surface area contributed by atoms with E-state index in [0.29, 0.717) is 10.6 Å². The molecule has 0 bridgehead atoms. The monoisotopic (exact) mass is 470 g/mol. The second-order valence-electron chi connectivity index (χ2n) is 4.73. The van der Waals surface area contributed by atoms with Gasteiger partial charge >= 0.3 is 5.97 Å². The van der Waals surface area contributed by atoms with Gasteiger partial charge in [0.2, 0.25) is 5.91 Å². The zero-order chi connectivity index (χ0) is 18.1. The fourth-order valence-corrected chi connectivity index (χ4v) is 3.51. The largest absolute Gasteiger partial charge is 0.478 e. The molecule has 1 heterocycles. The lowest BCUT2D eigenvalue weighted by Gasteiger charge is -2.18. The first-order valence-corrected chi connectivity index (χ1v) is 10.2. The second-order valence-corrected chi connectivity index (χ2v) is 7.72. The molecule has 1 aromatic rings. The van der Waals surface area contributed by atoms with E-state index in [4.69, 9.17) is 4.55 Å². The Balaban J connectivity index is 2.53. The smallest absolute Gasteiger partial charge is 0.337 e. The van der Waals surface area contributed by atoms with Gasteiger partial charge in [0.15, 0.2) is 26.4 Å². The quantitative estimate of drug-likeness (QED) is 0.178. The number of carbonyl (C=O) groups excluding carboxylic acids is 2. The van der Waals surface area contributed by atoms with Gasteiger partial charge in [0.25, 0.3) is 16.0 Å². The lowest BCUT2D eigenvalue weighted by atomic mass is 10.1. The van der Waals surface area contributed by atoms with Crippen LogP contribution in [0.15, 0.2) is 18.2 Å². The topological polar surface area (TPSA) is 158 Å². The van der Waals surface area contributed by atoms with Gasteiger partial charge in [-0.3, -0.25) is 17.2 Å². The van der Waals surface area contributed by atoms with Gasteiger partial charge in [0, 0.05) is 5.69 Å². The van der Waals surface area contributed by atoms with Crippen LogP contribution in [0.2, 0.25) is 0 Å². The Bertz CT molecular complexity index is 837. The van der Waals surface area contributed by atoms with Gasteiger partial charge in [-0.15, -0.1) is 0 Å². The van der Waals surface area contributed by atoms with E-state index in [1.807, 2.05) is 0 Å². The van der Waals surface area contributed by atoms with Gasteiger partial charge in [0.05, 0.1) is 22.2 Å². The Morgan fingerprint density at radius 2 is 2.04 bits per heavy atom. The van der Waals surface area contributed by atoms with E-state index in [1.54, 1.807) is 0 Å². The van der Waals surface area contributed by atoms with E-state index < -0.39 is 66.3 Å². The average Bonchev–Trinajstić information content (AvgIpc) is 2.79. The summed E-state index contributed by atoms with van der Waals surface area (Å²) in [5, 5.41) is 9.97. The minimum Gasteiger partial charge on any atom is -0.478 e. The number of amides is 2. The maximum absolute atomic E-state index is 12.2. The van der Waals surface area contributed by atoms with Crippen molar-refractivity contribution in [3.8, 4) is 0 Å². The Morgan fingerprint density at radius 1 is 1.38 bits per heavy atom. The number of halogens is 1. The SMILES string of the molecule is O=ICNc1ccc(C(=O)O)c(N2C(=O)CC(S(=O)(=O)O)C2=O)c1. The molecule has 0 saturated carbocycles. The summed E-state index contributed by atoms with van der Waals surface area (Å²) < 4.78 is 42.2. The van der Waals surface area contributed by atoms with E-state index in [2.05, 4.69) is 5.32 Å². The molecule has 12 heteroatoms. The molecule has 1 unspecified atom stereocenters. The van der Waals surface area contributed by atoms with E-state index in [9.17, 15) is 31.0 Å². The third-order valence-corrected chi connectivity index (χ3v) is 5.04. The van der Waals surface area contributed by atoms with Crippen LogP contribution in [-0.2, 0) is 22.8 Å². The molecule has 130 valence electrons. The number of nitrogens with zero attached hydrogens (tertiary/aromatic N) is 1. The van der Waals surface area contributed by atoms with E-state index >= 15 is 0 Å². The molecular weight excluding hydrogens is 459 g/mol. The van der Waals surface area contributed by atoms with Gasteiger partial charge in [-0.2, -0.15) is 8.42 Å². The molecule has 3 N–H and O–H groups in total. The third-order valence-electron chi connectivity index (χ3n) is 3.26. The predicted octanol–water partition coefficient (Wildman–Crippen LogP) is 0.590. The third kappa shape index (κ3) is 3.59. The van der Waals surface area contributed by atoms with Crippen molar-refractivity contribution in [2.75, 3.05) is 14.8 Å². The number of benzene rings is 1. The zero-order valence-electron chi connectivity index (χ0n) is 11.8. The Kier molecular flexibility index (Phi) is 5.29. The number of imide groups is 1. The molecule has 2 rings (SSSR count). The number of carbonyl (C=O) groups is 3. The molecule has 24 heavy (non-hydrogen) atoms. The summed E-state index contributed by atoms with van der Waals surface area (Å²) in [6.45, 7) is 0. The first-order valence-electron chi connectivity index (χ1n) is 6.32. The van der Waals surface area contributed by atoms with Crippen molar-refractivity contribution >= 4 is 60.5 Å². The summed E-state index contributed by atoms with van der Waals surface area (Å²) >= 11 is -1.34. The lowest BCUT2D eigenvalue weighted by molar-refractivity contribution is -0.121. The molecule has 2 amide bonds. The lowest BCUT2D eigenvalue weighted by Crippen LogP contribution is -2.35. The first-order chi connectivity index (χ1) is 11.2. The minimum absolute atomic E-state index is 0.139. The molecule has 0 radical (unpaired) electrons. The van der Waals surface area contributed by atoms with Crippen molar-refractivity contribution in [3.63, 3.8) is 0 Å². The summed E-state index contributed by atoms with van der Waals surface area (Å²) in [5.41, 5.74) is -0.408. The van der Waals surface area contributed by atoms with Crippen LogP contribution in [0.5, 0.6) is 0 Å². The van der Waals surface area contributed by atoms with Crippen LogP contribution in [0.4, 0.5) is 11.4 Å². The Hall–Kier alpha value is -1.93. The summed E-state index contributed by atoms with van der Waals surface area (Å²) in [5.74, 6) is -3.60. The number of carboxylic acid groups (broad SMARTS) is 1. The van der Waals surface area contributed by atoms with Crippen LogP contribution in [0.25, 0.3) is 0 Å². The number of nitrogens with one attached hydrogen (secondary N) is 1. The molecule has 1 aliphatic heterocycles. The van der Waals surface area contributed by atoms with Crippen molar-refractivity contribution in [3.05, 3.63) is 23.8 Å². The predicted molar refractivity (Wildman–Crippen MR) is 89.0 cm³/mol. The standard InChI is InChI=1S/C12H11IN2O8S/c16-10-4-9(24(21,22)23)11(17)15(10)8-3-6(14-5-13-20)1-2-7(8)12(18)19/h1-3,9,14H,4-5H2,(H,18,19)(H,21,22,23). The Labute approximate surface area is 146 Å². The number of aromatic carboxylic acids is 1. The highest BCUT2D eigenvalue weighted by molar-refractivity contribution is 14.1. The normalized spacial score (nSPS) is 18.0. The van der Waals surface area contributed by atoms with Crippen LogP contribution in [0.3, 0.4) is 0 Å². The minimum atomic E-state index is -4.79. The second kappa shape index (κ2) is 6.90. The van der Waals surface area contributed by atoms with Crippen molar-refractivity contribution in [2.45, 2.75) is 11.7 Å². The van der Waals surface area contributed by atoms with E-state index in [0.717, 1.165) is 6.07 Å². The summed E-state index contributed by atoms with van der Waals surface area (Å²) in [4.78, 5) is 35.9. The van der Waals surface area contributed by atoms with Crippen LogP contribution in [-0.4, -0.2) is 45.7 Å². The molecule has 1 aliphatic rings. The highest BCUT2D eigenvalue weighted by atomic mass is 127. The highest BCUT2D eigenvalue weighted by Gasteiger charge is 2.47. The zero-order valence-corrected chi connectivity index (χ0v) is 14.8. The van der Waals surface area contributed by atoms with E-state index in [-0.39, 0.29) is 10.2 Å². The molecule has 1 fully saturated rings. The fraction of sp³-hybridized carbons (Fsp3) is 0.250. The number of alkyl halides is 1. The van der Waals surface area contributed by atoms with Crippen LogP contribution >= 0.6 is 21.2 Å². The molecule has 10 nitrogen and oxygen atoms in total. The van der Waals surface area contributed by atoms with Crippen LogP contribution in [0.1, 0.15) is 16.8 Å². The van der Waals surface area contributed by atoms with Gasteiger partial charge < -0.3 is 10.4 Å². The van der Waals surface area contributed by atoms with Crippen LogP contribution < -0.4 is 10.2 Å². The number of hydrogen-bond acceptors (Lipinski definition) is 7. The molecule has 1 aromatic carbocycles. The number of rotatable bonds is 6. The van der Waals surface area contributed by atoms with Crippen molar-refractivity contribution in [1.82, 2.24) is 0 Å². The maximum Gasteiger partial charge on any atom is 0.337 e. The maximum atomic E-state index is 12.2. The summed E-state index contributed by atoms with van der Waals surface area (Å²) in [6, 6.07) is 3.66. The first kappa shape index (κ1) is 18.4. The van der Waals surface area contributed by atoms with Crippen molar-refractivity contribution < 1.29 is 35.5 Å². The highest BCUT2D eigenvalue weighted by Crippen LogP contribution is 2.31. The van der Waals surface area contributed by atoms with Gasteiger partial charge in [-0.1, -0.05) is 0 Å². The summed E-state index contributed by atoms with van der Waals surface area (Å²) in [6.07, 6.45) is -0.777. The molecule has 0 aromatic heterocycles. The number of anilines is 2. The van der Waals surface area contributed by atoms with Crippen LogP contribution in [0, 0.1) is 0 Å². The van der Waals surface area contributed by atoms with Crippen molar-refractivity contribution in [1.29, 1.82) is 0 Å². The van der Waals surface area contributed by atoms with Gasteiger partial charge in [0.1, 0.15) is 0 Å². The molecular formula is C12H11IN2O8S. The molecule has 0 spiro atoms. The Morgan fingerprint density at radius 3 is 2.54 bits per heavy atom. The number of carboxylic acids is 1.